The molecule has 3 heterocycles. The van der Waals surface area contributed by atoms with Gasteiger partial charge in [-0.2, -0.15) is 0 Å². The lowest BCUT2D eigenvalue weighted by Crippen LogP contribution is -2.52. The number of amides is 1. The van der Waals surface area contributed by atoms with Crippen molar-refractivity contribution in [3.63, 3.8) is 0 Å². The second-order valence-corrected chi connectivity index (χ2v) is 7.82. The summed E-state index contributed by atoms with van der Waals surface area (Å²) in [6.45, 7) is 3.42. The van der Waals surface area contributed by atoms with Gasteiger partial charge in [0.15, 0.2) is 0 Å². The summed E-state index contributed by atoms with van der Waals surface area (Å²) < 4.78 is 13.1. The molecule has 3 aliphatic heterocycles. The number of nitrogens with one attached hydrogen (secondary N) is 1. The van der Waals surface area contributed by atoms with Gasteiger partial charge in [-0.3, -0.25) is 9.69 Å². The van der Waals surface area contributed by atoms with Crippen LogP contribution in [0.15, 0.2) is 24.3 Å². The van der Waals surface area contributed by atoms with Crippen molar-refractivity contribution in [2.24, 2.45) is 0 Å². The minimum atomic E-state index is -0.206. The van der Waals surface area contributed by atoms with Crippen molar-refractivity contribution in [1.29, 1.82) is 0 Å². The van der Waals surface area contributed by atoms with Gasteiger partial charge in [-0.1, -0.05) is 18.6 Å². The first-order valence-corrected chi connectivity index (χ1v) is 9.72. The van der Waals surface area contributed by atoms with Gasteiger partial charge in [0.05, 0.1) is 6.04 Å². The van der Waals surface area contributed by atoms with E-state index in [0.717, 1.165) is 57.4 Å². The Balaban J connectivity index is 0.00000196. The highest BCUT2D eigenvalue weighted by atomic mass is 35.5. The maximum Gasteiger partial charge on any atom is 0.239 e. The second kappa shape index (κ2) is 8.68. The topological polar surface area (TPSA) is 35.6 Å². The Bertz CT molecular complexity index is 612. The summed E-state index contributed by atoms with van der Waals surface area (Å²) >= 11 is 0. The highest BCUT2D eigenvalue weighted by Gasteiger charge is 2.36. The zero-order valence-corrected chi connectivity index (χ0v) is 16.0. The maximum absolute atomic E-state index is 13.2. The lowest BCUT2D eigenvalue weighted by atomic mass is 9.99. The number of benzene rings is 1. The van der Waals surface area contributed by atoms with E-state index in [9.17, 15) is 9.18 Å². The van der Waals surface area contributed by atoms with Crippen LogP contribution in [0.2, 0.25) is 0 Å². The Morgan fingerprint density at radius 3 is 2.62 bits per heavy atom. The van der Waals surface area contributed by atoms with Gasteiger partial charge in [-0.25, -0.2) is 4.39 Å². The lowest BCUT2D eigenvalue weighted by molar-refractivity contribution is -0.138. The smallest absolute Gasteiger partial charge is 0.239 e. The van der Waals surface area contributed by atoms with Gasteiger partial charge in [0.2, 0.25) is 5.91 Å². The maximum atomic E-state index is 13.2. The standard InChI is InChI=1S/C20H28FN3O.ClH/c21-16-6-4-15(5-7-16)13-23-11-2-1-3-19(23)20(25)24-12-10-17-8-9-18(14-24)22-17;/h4-7,17-19,22H,1-3,8-14H2;1H. The third kappa shape index (κ3) is 4.38. The SMILES string of the molecule is Cl.O=C(C1CCCCN1Cc1ccc(F)cc1)N1CCC2CCC(C1)N2. The number of fused-ring (bicyclic) bond motifs is 2. The van der Waals surface area contributed by atoms with Crippen molar-refractivity contribution in [3.05, 3.63) is 35.6 Å². The molecule has 3 unspecified atom stereocenters. The molecule has 3 saturated heterocycles. The van der Waals surface area contributed by atoms with Crippen LogP contribution in [0.25, 0.3) is 0 Å². The largest absolute Gasteiger partial charge is 0.340 e. The molecule has 2 bridgehead atoms. The number of carbonyl (C=O) groups excluding carboxylic acids is 1. The second-order valence-electron chi connectivity index (χ2n) is 7.82. The quantitative estimate of drug-likeness (QED) is 0.874. The molecular formula is C20H29ClFN3O. The number of carbonyl (C=O) groups is 1. The predicted molar refractivity (Wildman–Crippen MR) is 103 cm³/mol. The molecule has 0 aliphatic carbocycles. The molecule has 1 amide bonds. The molecule has 1 aromatic carbocycles. The van der Waals surface area contributed by atoms with E-state index < -0.39 is 0 Å². The van der Waals surface area contributed by atoms with Crippen LogP contribution in [0.3, 0.4) is 0 Å². The Morgan fingerprint density at radius 2 is 1.81 bits per heavy atom. The molecule has 0 saturated carbocycles. The molecule has 4 nitrogen and oxygen atoms in total. The molecule has 26 heavy (non-hydrogen) atoms. The van der Waals surface area contributed by atoms with Gasteiger partial charge < -0.3 is 10.2 Å². The van der Waals surface area contributed by atoms with Gasteiger partial charge in [-0.15, -0.1) is 12.4 Å². The molecule has 3 aliphatic rings. The van der Waals surface area contributed by atoms with Gasteiger partial charge in [0.1, 0.15) is 5.82 Å². The number of piperidine rings is 1. The Hall–Kier alpha value is -1.17. The molecule has 0 aromatic heterocycles. The summed E-state index contributed by atoms with van der Waals surface area (Å²) in [7, 11) is 0. The fourth-order valence-electron chi connectivity index (χ4n) is 4.64. The van der Waals surface area contributed by atoms with Crippen molar-refractivity contribution in [1.82, 2.24) is 15.1 Å². The molecule has 3 fully saturated rings. The number of rotatable bonds is 3. The third-order valence-corrected chi connectivity index (χ3v) is 6.03. The Kier molecular flexibility index (Phi) is 6.54. The fraction of sp³-hybridized carbons (Fsp3) is 0.650. The summed E-state index contributed by atoms with van der Waals surface area (Å²) in [5.74, 6) is 0.0956. The van der Waals surface area contributed by atoms with Crippen LogP contribution in [-0.2, 0) is 11.3 Å². The summed E-state index contributed by atoms with van der Waals surface area (Å²) in [6, 6.07) is 7.74. The molecule has 3 atom stereocenters. The van der Waals surface area contributed by atoms with Gasteiger partial charge >= 0.3 is 0 Å². The van der Waals surface area contributed by atoms with Gasteiger partial charge in [0, 0.05) is 31.7 Å². The predicted octanol–water partition coefficient (Wildman–Crippen LogP) is 2.95. The van der Waals surface area contributed by atoms with Crippen LogP contribution in [0.1, 0.15) is 44.1 Å². The van der Waals surface area contributed by atoms with Crippen molar-refractivity contribution in [3.8, 4) is 0 Å². The van der Waals surface area contributed by atoms with Crippen LogP contribution in [0.5, 0.6) is 0 Å². The number of halogens is 2. The van der Waals surface area contributed by atoms with E-state index in [1.807, 2.05) is 12.1 Å². The highest BCUT2D eigenvalue weighted by Crippen LogP contribution is 2.25. The minimum absolute atomic E-state index is 0. The summed E-state index contributed by atoms with van der Waals surface area (Å²) in [6.07, 6.45) is 6.72. The molecule has 0 radical (unpaired) electrons. The Labute approximate surface area is 161 Å². The van der Waals surface area contributed by atoms with Crippen LogP contribution < -0.4 is 5.32 Å². The van der Waals surface area contributed by atoms with E-state index in [1.54, 1.807) is 0 Å². The van der Waals surface area contributed by atoms with E-state index in [0.29, 0.717) is 18.0 Å². The van der Waals surface area contributed by atoms with Crippen molar-refractivity contribution in [2.45, 2.75) is 63.2 Å². The first kappa shape index (κ1) is 19.6. The average Bonchev–Trinajstić information content (AvgIpc) is 2.96. The number of nitrogens with zero attached hydrogens (tertiary/aromatic N) is 2. The van der Waals surface area contributed by atoms with Crippen LogP contribution in [0, 0.1) is 5.82 Å². The summed E-state index contributed by atoms with van der Waals surface area (Å²) in [5, 5.41) is 3.65. The number of likely N-dealkylation sites (tertiary alicyclic amines) is 2. The van der Waals surface area contributed by atoms with Crippen molar-refractivity contribution in [2.75, 3.05) is 19.6 Å². The monoisotopic (exact) mass is 381 g/mol. The molecule has 4 rings (SSSR count). The molecule has 6 heteroatoms. The molecule has 1 N–H and O–H groups in total. The summed E-state index contributed by atoms with van der Waals surface area (Å²) in [4.78, 5) is 17.6. The summed E-state index contributed by atoms with van der Waals surface area (Å²) in [5.41, 5.74) is 1.08. The van der Waals surface area contributed by atoms with Crippen molar-refractivity contribution < 1.29 is 9.18 Å². The van der Waals surface area contributed by atoms with E-state index in [4.69, 9.17) is 0 Å². The fourth-order valence-corrected chi connectivity index (χ4v) is 4.64. The van der Waals surface area contributed by atoms with E-state index >= 15 is 0 Å². The number of hydrogen-bond donors (Lipinski definition) is 1. The molecule has 144 valence electrons. The van der Waals surface area contributed by atoms with Crippen LogP contribution >= 0.6 is 12.4 Å². The van der Waals surface area contributed by atoms with Gasteiger partial charge in [0.25, 0.3) is 0 Å². The zero-order valence-electron chi connectivity index (χ0n) is 15.2. The molecule has 1 aromatic rings. The average molecular weight is 382 g/mol. The van der Waals surface area contributed by atoms with Crippen LogP contribution in [-0.4, -0.2) is 53.5 Å². The third-order valence-electron chi connectivity index (χ3n) is 6.03. The zero-order chi connectivity index (χ0) is 17.2. The van der Waals surface area contributed by atoms with Gasteiger partial charge in [-0.05, 0) is 56.3 Å². The van der Waals surface area contributed by atoms with Crippen LogP contribution in [0.4, 0.5) is 4.39 Å². The normalized spacial score (nSPS) is 29.1. The Morgan fingerprint density at radius 1 is 1.04 bits per heavy atom. The van der Waals surface area contributed by atoms with E-state index in [-0.39, 0.29) is 24.3 Å². The van der Waals surface area contributed by atoms with E-state index in [1.165, 1.54) is 25.0 Å². The first-order valence-electron chi connectivity index (χ1n) is 9.72. The lowest BCUT2D eigenvalue weighted by Gasteiger charge is -2.38. The molecule has 0 spiro atoms. The minimum Gasteiger partial charge on any atom is -0.340 e. The number of hydrogen-bond acceptors (Lipinski definition) is 3. The molecular weight excluding hydrogens is 353 g/mol. The highest BCUT2D eigenvalue weighted by molar-refractivity contribution is 5.85. The van der Waals surface area contributed by atoms with E-state index in [2.05, 4.69) is 15.1 Å². The van der Waals surface area contributed by atoms with Crippen molar-refractivity contribution >= 4 is 18.3 Å². The first-order chi connectivity index (χ1) is 12.2.